The molecule has 230 valence electrons. The molecule has 10 heteroatoms. The fourth-order valence-corrected chi connectivity index (χ4v) is 5.52. The van der Waals surface area contributed by atoms with Crippen LogP contribution in [0.2, 0.25) is 0 Å². The lowest BCUT2D eigenvalue weighted by Gasteiger charge is -2.39. The third-order valence-electron chi connectivity index (χ3n) is 7.76. The molecule has 3 saturated heterocycles. The highest BCUT2D eigenvalue weighted by molar-refractivity contribution is 5.87. The topological polar surface area (TPSA) is 136 Å². The lowest BCUT2D eigenvalue weighted by Crippen LogP contribution is -2.50. The number of ether oxygens (including phenoxy) is 4. The summed E-state index contributed by atoms with van der Waals surface area (Å²) in [7, 11) is 0. The van der Waals surface area contributed by atoms with Gasteiger partial charge in [0.25, 0.3) is 0 Å². The second kappa shape index (κ2) is 14.6. The molecular formula is C31H48N2O8. The number of esters is 1. The molecule has 8 atom stereocenters. The minimum Gasteiger partial charge on any atom is -0.459 e. The molecule has 1 unspecified atom stereocenters. The summed E-state index contributed by atoms with van der Waals surface area (Å²) in [5, 5.41) is 16.9. The van der Waals surface area contributed by atoms with Crippen molar-refractivity contribution >= 4 is 17.8 Å². The zero-order valence-electron chi connectivity index (χ0n) is 25.3. The van der Waals surface area contributed by atoms with Gasteiger partial charge in [-0.15, -0.1) is 0 Å². The number of amides is 2. The highest BCUT2D eigenvalue weighted by Crippen LogP contribution is 2.46. The van der Waals surface area contributed by atoms with Crippen LogP contribution in [0.3, 0.4) is 0 Å². The smallest absolute Gasteiger partial charge is 0.303 e. The number of hydrogen-bond donors (Lipinski definition) is 3. The number of hydrogen-bond acceptors (Lipinski definition) is 8. The van der Waals surface area contributed by atoms with Crippen molar-refractivity contribution in [3.63, 3.8) is 0 Å². The Hall–Kier alpha value is -2.53. The van der Waals surface area contributed by atoms with Crippen molar-refractivity contribution in [2.45, 2.75) is 122 Å². The van der Waals surface area contributed by atoms with Crippen LogP contribution in [0.4, 0.5) is 0 Å². The summed E-state index contributed by atoms with van der Waals surface area (Å²) in [6, 6.07) is -0.115. The Morgan fingerprint density at radius 2 is 1.93 bits per heavy atom. The zero-order valence-corrected chi connectivity index (χ0v) is 25.3. The van der Waals surface area contributed by atoms with Crippen LogP contribution < -0.4 is 10.6 Å². The van der Waals surface area contributed by atoms with Crippen LogP contribution in [0.5, 0.6) is 0 Å². The third-order valence-corrected chi connectivity index (χ3v) is 7.76. The number of carbonyl (C=O) groups is 3. The number of rotatable bonds is 12. The Labute approximate surface area is 243 Å². The van der Waals surface area contributed by atoms with E-state index in [1.165, 1.54) is 13.0 Å². The van der Waals surface area contributed by atoms with E-state index in [4.69, 9.17) is 18.9 Å². The van der Waals surface area contributed by atoms with Crippen LogP contribution in [-0.4, -0.2) is 77.9 Å². The Kier molecular flexibility index (Phi) is 11.7. The van der Waals surface area contributed by atoms with Gasteiger partial charge in [0.2, 0.25) is 11.8 Å². The number of carbonyl (C=O) groups excluding carboxylic acids is 3. The average molecular weight is 577 g/mol. The average Bonchev–Trinajstić information content (AvgIpc) is 3.62. The molecule has 3 rings (SSSR count). The van der Waals surface area contributed by atoms with Gasteiger partial charge in [0.15, 0.2) is 5.79 Å². The van der Waals surface area contributed by atoms with Crippen LogP contribution in [-0.2, 0) is 33.3 Å². The Morgan fingerprint density at radius 1 is 1.20 bits per heavy atom. The van der Waals surface area contributed by atoms with E-state index in [0.29, 0.717) is 26.0 Å². The van der Waals surface area contributed by atoms with Crippen molar-refractivity contribution in [3.8, 4) is 0 Å². The second-order valence-electron chi connectivity index (χ2n) is 11.9. The molecule has 3 aliphatic rings. The highest BCUT2D eigenvalue weighted by atomic mass is 16.7. The normalized spacial score (nSPS) is 34.5. The van der Waals surface area contributed by atoms with Crippen LogP contribution in [0.25, 0.3) is 0 Å². The molecule has 3 fully saturated rings. The van der Waals surface area contributed by atoms with Gasteiger partial charge in [-0.3, -0.25) is 14.4 Å². The first-order valence-corrected chi connectivity index (χ1v) is 14.8. The minimum atomic E-state index is -1.55. The summed E-state index contributed by atoms with van der Waals surface area (Å²) < 4.78 is 22.9. The number of aliphatic hydroxyl groups is 1. The SMILES string of the molecule is CCCNC(=O)C[C@]1(O)C[C@@]2(CO2)C[C@@H](/C=C/C(C)=C/C[C@@H]2O[C@H](C)[C@H](NC(=O)C=CC(C)OC(C)=O)C[C@@H]2C)O1. The summed E-state index contributed by atoms with van der Waals surface area (Å²) in [4.78, 5) is 35.6. The van der Waals surface area contributed by atoms with Crippen LogP contribution >= 0.6 is 0 Å². The van der Waals surface area contributed by atoms with Gasteiger partial charge in [-0.05, 0) is 52.0 Å². The Bertz CT molecular complexity index is 1020. The number of allylic oxidation sites excluding steroid dienone is 2. The van der Waals surface area contributed by atoms with Crippen molar-refractivity contribution in [1.29, 1.82) is 0 Å². The number of nitrogens with one attached hydrogen (secondary N) is 2. The van der Waals surface area contributed by atoms with Crippen LogP contribution in [0.15, 0.2) is 36.0 Å². The number of epoxide rings is 1. The molecule has 3 aliphatic heterocycles. The lowest BCUT2D eigenvalue weighted by atomic mass is 9.87. The largest absolute Gasteiger partial charge is 0.459 e. The van der Waals surface area contributed by atoms with Gasteiger partial charge in [0, 0.05) is 32.4 Å². The van der Waals surface area contributed by atoms with Gasteiger partial charge < -0.3 is 34.7 Å². The molecular weight excluding hydrogens is 528 g/mol. The van der Waals surface area contributed by atoms with E-state index in [2.05, 4.69) is 23.6 Å². The molecule has 0 aromatic heterocycles. The van der Waals surface area contributed by atoms with Gasteiger partial charge in [-0.1, -0.05) is 37.6 Å². The first kappa shape index (κ1) is 33.0. The summed E-state index contributed by atoms with van der Waals surface area (Å²) in [5.74, 6) is -2.18. The van der Waals surface area contributed by atoms with E-state index < -0.39 is 23.5 Å². The highest BCUT2D eigenvalue weighted by Gasteiger charge is 2.57. The molecule has 41 heavy (non-hydrogen) atoms. The molecule has 2 amide bonds. The second-order valence-corrected chi connectivity index (χ2v) is 11.9. The van der Waals surface area contributed by atoms with Crippen LogP contribution in [0, 0.1) is 5.92 Å². The molecule has 10 nitrogen and oxygen atoms in total. The van der Waals surface area contributed by atoms with E-state index in [1.54, 1.807) is 13.0 Å². The molecule has 0 aliphatic carbocycles. The zero-order chi connectivity index (χ0) is 30.2. The molecule has 0 saturated carbocycles. The summed E-state index contributed by atoms with van der Waals surface area (Å²) in [6.07, 6.45) is 11.2. The van der Waals surface area contributed by atoms with E-state index in [1.807, 2.05) is 32.9 Å². The van der Waals surface area contributed by atoms with Crippen molar-refractivity contribution in [2.24, 2.45) is 5.92 Å². The molecule has 0 bridgehead atoms. The van der Waals surface area contributed by atoms with Crippen molar-refractivity contribution < 1.29 is 38.4 Å². The third kappa shape index (κ3) is 10.7. The van der Waals surface area contributed by atoms with Crippen molar-refractivity contribution in [3.05, 3.63) is 36.0 Å². The van der Waals surface area contributed by atoms with E-state index in [0.717, 1.165) is 24.8 Å². The lowest BCUT2D eigenvalue weighted by molar-refractivity contribution is -0.256. The van der Waals surface area contributed by atoms with Gasteiger partial charge in [-0.25, -0.2) is 0 Å². The molecule has 0 aromatic rings. The first-order valence-electron chi connectivity index (χ1n) is 14.8. The molecule has 0 aromatic carbocycles. The minimum absolute atomic E-state index is 0.0156. The van der Waals surface area contributed by atoms with E-state index in [9.17, 15) is 19.5 Å². The molecule has 3 N–H and O–H groups in total. The molecule has 0 radical (unpaired) electrons. The van der Waals surface area contributed by atoms with Crippen LogP contribution in [0.1, 0.15) is 80.1 Å². The standard InChI is InChI=1S/C31H48N2O8/c1-7-14-32-29(36)17-31(37)18-30(19-38-30)16-25(41-31)11-8-20(2)9-12-27-21(3)15-26(23(5)40-27)33-28(35)13-10-22(4)39-24(6)34/h8-11,13,21-23,25-27,37H,7,12,14-19H2,1-6H3,(H,32,36)(H,33,35)/b11-8+,13-10?,20-9+/t21-,22?,23+,25+,26+,27-,30+,31+/m0/s1. The van der Waals surface area contributed by atoms with Gasteiger partial charge in [0.05, 0.1) is 43.0 Å². The molecule has 3 heterocycles. The van der Waals surface area contributed by atoms with E-state index >= 15 is 0 Å². The summed E-state index contributed by atoms with van der Waals surface area (Å²) >= 11 is 0. The quantitative estimate of drug-likeness (QED) is 0.139. The maximum atomic E-state index is 12.4. The Balaban J connectivity index is 1.49. The summed E-state index contributed by atoms with van der Waals surface area (Å²) in [5.41, 5.74) is 0.620. The maximum absolute atomic E-state index is 12.4. The van der Waals surface area contributed by atoms with Gasteiger partial charge in [-0.2, -0.15) is 0 Å². The van der Waals surface area contributed by atoms with Crippen molar-refractivity contribution in [1.82, 2.24) is 10.6 Å². The van der Waals surface area contributed by atoms with Crippen molar-refractivity contribution in [2.75, 3.05) is 13.2 Å². The fraction of sp³-hybridized carbons (Fsp3) is 0.710. The fourth-order valence-electron chi connectivity index (χ4n) is 5.52. The van der Waals surface area contributed by atoms with Gasteiger partial charge in [0.1, 0.15) is 6.10 Å². The van der Waals surface area contributed by atoms with E-state index in [-0.39, 0.29) is 48.5 Å². The Morgan fingerprint density at radius 3 is 2.59 bits per heavy atom. The first-order chi connectivity index (χ1) is 19.3. The molecule has 1 spiro atoms. The maximum Gasteiger partial charge on any atom is 0.303 e. The van der Waals surface area contributed by atoms with Gasteiger partial charge >= 0.3 is 5.97 Å². The predicted molar refractivity (Wildman–Crippen MR) is 154 cm³/mol. The summed E-state index contributed by atoms with van der Waals surface area (Å²) in [6.45, 7) is 12.2. The monoisotopic (exact) mass is 576 g/mol. The predicted octanol–water partition coefficient (Wildman–Crippen LogP) is 3.24.